The topological polar surface area (TPSA) is 57.5 Å². The average Bonchev–Trinajstić information content (AvgIpc) is 2.27. The van der Waals surface area contributed by atoms with Crippen LogP contribution >= 0.6 is 0 Å². The molecule has 0 aromatic rings. The maximum atomic E-state index is 11.0. The SMILES string of the molecule is C=C(C(=O)O)[C@H]1CC[C@@]2(C)CCC[C@@](C)(O)[C@@H]2C1. The van der Waals surface area contributed by atoms with E-state index in [0.717, 1.165) is 38.5 Å². The van der Waals surface area contributed by atoms with Crippen molar-refractivity contribution in [1.82, 2.24) is 0 Å². The quantitative estimate of drug-likeness (QED) is 0.743. The molecule has 0 unspecified atom stereocenters. The van der Waals surface area contributed by atoms with Gasteiger partial charge in [0.1, 0.15) is 0 Å². The van der Waals surface area contributed by atoms with Gasteiger partial charge in [0.2, 0.25) is 0 Å². The van der Waals surface area contributed by atoms with Crippen molar-refractivity contribution in [3.63, 3.8) is 0 Å². The van der Waals surface area contributed by atoms with E-state index in [1.54, 1.807) is 0 Å². The molecule has 18 heavy (non-hydrogen) atoms. The Balaban J connectivity index is 2.19. The molecule has 0 bridgehead atoms. The lowest BCUT2D eigenvalue weighted by molar-refractivity contribution is -0.137. The molecule has 0 radical (unpaired) electrons. The molecule has 2 aliphatic carbocycles. The number of fused-ring (bicyclic) bond motifs is 1. The van der Waals surface area contributed by atoms with Crippen LogP contribution in [0.15, 0.2) is 12.2 Å². The van der Waals surface area contributed by atoms with E-state index in [9.17, 15) is 9.90 Å². The number of aliphatic carboxylic acids is 1. The maximum Gasteiger partial charge on any atom is 0.331 e. The Hall–Kier alpha value is -0.830. The molecule has 2 N–H and O–H groups in total. The van der Waals surface area contributed by atoms with Crippen LogP contribution in [0.4, 0.5) is 0 Å². The summed E-state index contributed by atoms with van der Waals surface area (Å²) >= 11 is 0. The first-order valence-corrected chi connectivity index (χ1v) is 6.91. The van der Waals surface area contributed by atoms with E-state index < -0.39 is 11.6 Å². The van der Waals surface area contributed by atoms with Gasteiger partial charge in [0.05, 0.1) is 5.60 Å². The van der Waals surface area contributed by atoms with Crippen molar-refractivity contribution < 1.29 is 15.0 Å². The normalized spacial score (nSPS) is 44.2. The summed E-state index contributed by atoms with van der Waals surface area (Å²) in [6.07, 6.45) is 5.73. The third-order valence-corrected chi connectivity index (χ3v) is 5.37. The van der Waals surface area contributed by atoms with Crippen molar-refractivity contribution in [2.45, 2.75) is 58.0 Å². The fourth-order valence-electron chi connectivity index (χ4n) is 4.18. The van der Waals surface area contributed by atoms with Gasteiger partial charge in [0.25, 0.3) is 0 Å². The number of rotatable bonds is 2. The highest BCUT2D eigenvalue weighted by Gasteiger charge is 2.51. The monoisotopic (exact) mass is 252 g/mol. The lowest BCUT2D eigenvalue weighted by atomic mass is 9.53. The zero-order valence-corrected chi connectivity index (χ0v) is 11.4. The van der Waals surface area contributed by atoms with Gasteiger partial charge in [-0.25, -0.2) is 4.79 Å². The third kappa shape index (κ3) is 2.20. The highest BCUT2D eigenvalue weighted by molar-refractivity contribution is 5.86. The van der Waals surface area contributed by atoms with Crippen LogP contribution < -0.4 is 0 Å². The molecule has 0 aliphatic heterocycles. The minimum absolute atomic E-state index is 0.0325. The van der Waals surface area contributed by atoms with Crippen molar-refractivity contribution in [2.75, 3.05) is 0 Å². The van der Waals surface area contributed by atoms with Crippen LogP contribution in [0, 0.1) is 17.3 Å². The van der Waals surface area contributed by atoms with Crippen LogP contribution in [-0.2, 0) is 4.79 Å². The Kier molecular flexibility index (Phi) is 3.30. The predicted molar refractivity (Wildman–Crippen MR) is 70.2 cm³/mol. The predicted octanol–water partition coefficient (Wildman–Crippen LogP) is 2.98. The minimum atomic E-state index is -0.890. The second-order valence-electron chi connectivity index (χ2n) is 6.72. The molecule has 0 heterocycles. The van der Waals surface area contributed by atoms with E-state index in [-0.39, 0.29) is 17.3 Å². The number of carbonyl (C=O) groups is 1. The number of carboxylic acids is 1. The van der Waals surface area contributed by atoms with Crippen LogP contribution in [0.5, 0.6) is 0 Å². The zero-order valence-electron chi connectivity index (χ0n) is 11.4. The first kappa shape index (κ1) is 13.6. The van der Waals surface area contributed by atoms with Gasteiger partial charge in [0.15, 0.2) is 0 Å². The van der Waals surface area contributed by atoms with Crippen molar-refractivity contribution >= 4 is 5.97 Å². The second kappa shape index (κ2) is 4.37. The van der Waals surface area contributed by atoms with E-state index in [2.05, 4.69) is 13.5 Å². The average molecular weight is 252 g/mol. The Bertz CT molecular complexity index is 372. The standard InChI is InChI=1S/C15H24O3/c1-10(13(16)17)11-5-8-14(2)6-4-7-15(3,18)12(14)9-11/h11-12,18H,1,4-9H2,2-3H3,(H,16,17)/t11-,12+,14+,15+/m0/s1. The molecule has 102 valence electrons. The third-order valence-electron chi connectivity index (χ3n) is 5.37. The van der Waals surface area contributed by atoms with Crippen molar-refractivity contribution in [2.24, 2.45) is 17.3 Å². The second-order valence-corrected chi connectivity index (χ2v) is 6.72. The fourth-order valence-corrected chi connectivity index (χ4v) is 4.18. The number of hydrogen-bond acceptors (Lipinski definition) is 2. The smallest absolute Gasteiger partial charge is 0.331 e. The molecule has 0 amide bonds. The number of aliphatic hydroxyl groups is 1. The van der Waals surface area contributed by atoms with E-state index in [1.165, 1.54) is 0 Å². The van der Waals surface area contributed by atoms with Crippen molar-refractivity contribution in [3.05, 3.63) is 12.2 Å². The molecule has 0 aromatic heterocycles. The zero-order chi connectivity index (χ0) is 13.6. The van der Waals surface area contributed by atoms with Crippen LogP contribution in [0.1, 0.15) is 52.4 Å². The van der Waals surface area contributed by atoms with Gasteiger partial charge < -0.3 is 10.2 Å². The summed E-state index contributed by atoms with van der Waals surface area (Å²) in [5.74, 6) is -0.655. The summed E-state index contributed by atoms with van der Waals surface area (Å²) in [5, 5.41) is 19.7. The fraction of sp³-hybridized carbons (Fsp3) is 0.800. The molecular weight excluding hydrogens is 228 g/mol. The molecule has 0 aromatic carbocycles. The van der Waals surface area contributed by atoms with Gasteiger partial charge in [-0.3, -0.25) is 0 Å². The van der Waals surface area contributed by atoms with Gasteiger partial charge in [-0.05, 0) is 56.3 Å². The van der Waals surface area contributed by atoms with Crippen LogP contribution in [0.25, 0.3) is 0 Å². The number of carboxylic acid groups (broad SMARTS) is 1. The molecule has 0 saturated heterocycles. The summed E-state index contributed by atoms with van der Waals surface area (Å²) in [4.78, 5) is 11.0. The van der Waals surface area contributed by atoms with Crippen molar-refractivity contribution in [1.29, 1.82) is 0 Å². The van der Waals surface area contributed by atoms with Crippen LogP contribution in [-0.4, -0.2) is 21.8 Å². The summed E-state index contributed by atoms with van der Waals surface area (Å²) in [7, 11) is 0. The molecule has 3 nitrogen and oxygen atoms in total. The first-order valence-electron chi connectivity index (χ1n) is 6.91. The first-order chi connectivity index (χ1) is 8.26. The van der Waals surface area contributed by atoms with E-state index in [1.807, 2.05) is 6.92 Å². The van der Waals surface area contributed by atoms with E-state index >= 15 is 0 Å². The highest BCUT2D eigenvalue weighted by atomic mass is 16.4. The largest absolute Gasteiger partial charge is 0.478 e. The van der Waals surface area contributed by atoms with Crippen LogP contribution in [0.2, 0.25) is 0 Å². The van der Waals surface area contributed by atoms with Gasteiger partial charge in [-0.1, -0.05) is 19.9 Å². The van der Waals surface area contributed by atoms with Gasteiger partial charge in [-0.15, -0.1) is 0 Å². The highest BCUT2D eigenvalue weighted by Crippen LogP contribution is 2.56. The lowest BCUT2D eigenvalue weighted by Gasteiger charge is -2.54. The molecule has 2 saturated carbocycles. The Morgan fingerprint density at radius 2 is 1.94 bits per heavy atom. The molecular formula is C15H24O3. The Morgan fingerprint density at radius 1 is 1.28 bits per heavy atom. The molecule has 2 rings (SSSR count). The van der Waals surface area contributed by atoms with Crippen molar-refractivity contribution in [3.8, 4) is 0 Å². The molecule has 2 fully saturated rings. The van der Waals surface area contributed by atoms with Gasteiger partial charge in [-0.2, -0.15) is 0 Å². The van der Waals surface area contributed by atoms with E-state index in [0.29, 0.717) is 5.57 Å². The molecule has 2 aliphatic rings. The van der Waals surface area contributed by atoms with Gasteiger partial charge in [0, 0.05) is 5.57 Å². The van der Waals surface area contributed by atoms with E-state index in [4.69, 9.17) is 5.11 Å². The maximum absolute atomic E-state index is 11.0. The van der Waals surface area contributed by atoms with Gasteiger partial charge >= 0.3 is 5.97 Å². The Morgan fingerprint density at radius 3 is 2.56 bits per heavy atom. The molecule has 4 atom stereocenters. The number of hydrogen-bond donors (Lipinski definition) is 2. The van der Waals surface area contributed by atoms with Crippen LogP contribution in [0.3, 0.4) is 0 Å². The summed E-state index contributed by atoms with van der Waals surface area (Å²) in [6, 6.07) is 0. The lowest BCUT2D eigenvalue weighted by Crippen LogP contribution is -2.51. The summed E-state index contributed by atoms with van der Waals surface area (Å²) in [6.45, 7) is 7.88. The molecule has 0 spiro atoms. The summed E-state index contributed by atoms with van der Waals surface area (Å²) < 4.78 is 0. The molecule has 3 heteroatoms. The minimum Gasteiger partial charge on any atom is -0.478 e. The summed E-state index contributed by atoms with van der Waals surface area (Å²) in [5.41, 5.74) is -0.153. The Labute approximate surface area is 109 Å².